The van der Waals surface area contributed by atoms with Crippen LogP contribution in [0.4, 0.5) is 0 Å². The third-order valence-corrected chi connectivity index (χ3v) is 4.96. The zero-order valence-corrected chi connectivity index (χ0v) is 14.8. The minimum Gasteiger partial charge on any atom is -0.479 e. The Hall–Kier alpha value is -2.83. The Morgan fingerprint density at radius 3 is 3.19 bits per heavy atom. The van der Waals surface area contributed by atoms with Crippen LogP contribution < -0.4 is 4.74 Å². The van der Waals surface area contributed by atoms with E-state index in [2.05, 4.69) is 21.2 Å². The maximum Gasteiger partial charge on any atom is 0.254 e. The Kier molecular flexibility index (Phi) is 4.60. The van der Waals surface area contributed by atoms with Gasteiger partial charge >= 0.3 is 0 Å². The van der Waals surface area contributed by atoms with Crippen LogP contribution in [0.2, 0.25) is 0 Å². The molecule has 7 heteroatoms. The number of aromatic amines is 1. The zero-order chi connectivity index (χ0) is 17.9. The quantitative estimate of drug-likeness (QED) is 0.761. The van der Waals surface area contributed by atoms with Crippen LogP contribution in [-0.2, 0) is 11.2 Å². The predicted octanol–water partition coefficient (Wildman–Crippen LogP) is 2.90. The first-order valence-electron chi connectivity index (χ1n) is 8.94. The summed E-state index contributed by atoms with van der Waals surface area (Å²) in [6.07, 6.45) is 4.84. The molecule has 1 fully saturated rings. The van der Waals surface area contributed by atoms with Crippen LogP contribution >= 0.6 is 0 Å². The minimum atomic E-state index is 0.152. The van der Waals surface area contributed by atoms with Crippen LogP contribution in [-0.4, -0.2) is 46.1 Å². The number of aryl methyl sites for hydroxylation is 1. The molecule has 7 nitrogen and oxygen atoms in total. The van der Waals surface area contributed by atoms with Crippen LogP contribution in [0, 0.1) is 0 Å². The molecule has 0 spiro atoms. The highest BCUT2D eigenvalue weighted by Crippen LogP contribution is 2.28. The molecule has 3 aromatic heterocycles. The highest BCUT2D eigenvalue weighted by atomic mass is 16.5. The van der Waals surface area contributed by atoms with E-state index in [1.807, 2.05) is 17.0 Å². The van der Waals surface area contributed by atoms with E-state index in [-0.39, 0.29) is 5.91 Å². The number of piperidine rings is 1. The van der Waals surface area contributed by atoms with Gasteiger partial charge in [0, 0.05) is 49.8 Å². The summed E-state index contributed by atoms with van der Waals surface area (Å²) in [6, 6.07) is 7.79. The largest absolute Gasteiger partial charge is 0.479 e. The number of amides is 1. The van der Waals surface area contributed by atoms with Gasteiger partial charge in [0.15, 0.2) is 0 Å². The number of hydrogen-bond donors (Lipinski definition) is 1. The van der Waals surface area contributed by atoms with Crippen LogP contribution in [0.1, 0.15) is 36.6 Å². The van der Waals surface area contributed by atoms with Crippen LogP contribution in [0.3, 0.4) is 0 Å². The number of nitrogens with one attached hydrogen (secondary N) is 1. The van der Waals surface area contributed by atoms with Crippen molar-refractivity contribution in [2.45, 2.75) is 31.6 Å². The third kappa shape index (κ3) is 3.42. The van der Waals surface area contributed by atoms with E-state index in [0.717, 1.165) is 42.7 Å². The molecule has 3 aromatic rings. The third-order valence-electron chi connectivity index (χ3n) is 4.96. The van der Waals surface area contributed by atoms with E-state index >= 15 is 0 Å². The van der Waals surface area contributed by atoms with Crippen molar-refractivity contribution in [3.05, 3.63) is 41.9 Å². The van der Waals surface area contributed by atoms with E-state index in [4.69, 9.17) is 9.26 Å². The van der Waals surface area contributed by atoms with Crippen molar-refractivity contribution in [3.63, 3.8) is 0 Å². The van der Waals surface area contributed by atoms with Crippen molar-refractivity contribution in [1.82, 2.24) is 20.0 Å². The number of aromatic nitrogens is 3. The standard InChI is InChI=1S/C19H22N4O3/c1-25-18-10-14(26-22-18)6-7-19(24)23-9-3-4-13(12-23)16-11-17-15(21-16)5-2-8-20-17/h2,5,8,10-11,13,21H,3-4,6-7,9,12H2,1H3/t13-/m0/s1. The number of carbonyl (C=O) groups excluding carboxylic acids is 1. The normalized spacial score (nSPS) is 17.6. The summed E-state index contributed by atoms with van der Waals surface area (Å²) in [5, 5.41) is 3.77. The van der Waals surface area contributed by atoms with Gasteiger partial charge in [-0.05, 0) is 36.2 Å². The van der Waals surface area contributed by atoms with Crippen LogP contribution in [0.5, 0.6) is 5.88 Å². The molecule has 0 unspecified atom stereocenters. The second kappa shape index (κ2) is 7.19. The van der Waals surface area contributed by atoms with Gasteiger partial charge in [0.2, 0.25) is 5.91 Å². The second-order valence-corrected chi connectivity index (χ2v) is 6.68. The van der Waals surface area contributed by atoms with Gasteiger partial charge in [0.1, 0.15) is 5.76 Å². The number of nitrogens with zero attached hydrogens (tertiary/aromatic N) is 3. The summed E-state index contributed by atoms with van der Waals surface area (Å²) in [6.45, 7) is 1.55. The van der Waals surface area contributed by atoms with E-state index < -0.39 is 0 Å². The molecule has 0 saturated carbocycles. The zero-order valence-electron chi connectivity index (χ0n) is 14.8. The average molecular weight is 354 g/mol. The van der Waals surface area contributed by atoms with E-state index in [1.54, 1.807) is 19.4 Å². The highest BCUT2D eigenvalue weighted by Gasteiger charge is 2.26. The van der Waals surface area contributed by atoms with Gasteiger partial charge in [-0.15, -0.1) is 0 Å². The molecule has 1 atom stereocenters. The van der Waals surface area contributed by atoms with Crippen molar-refractivity contribution in [2.75, 3.05) is 20.2 Å². The minimum absolute atomic E-state index is 0.152. The monoisotopic (exact) mass is 354 g/mol. The molecule has 0 aliphatic carbocycles. The van der Waals surface area contributed by atoms with Crippen LogP contribution in [0.15, 0.2) is 35.0 Å². The number of pyridine rings is 1. The summed E-state index contributed by atoms with van der Waals surface area (Å²) in [5.41, 5.74) is 3.19. The number of fused-ring (bicyclic) bond motifs is 1. The molecule has 26 heavy (non-hydrogen) atoms. The van der Waals surface area contributed by atoms with Gasteiger partial charge in [-0.1, -0.05) is 0 Å². The molecule has 4 rings (SSSR count). The number of likely N-dealkylation sites (tertiary alicyclic amines) is 1. The van der Waals surface area contributed by atoms with Crippen molar-refractivity contribution in [3.8, 4) is 5.88 Å². The Bertz CT molecular complexity index is 868. The summed E-state index contributed by atoms with van der Waals surface area (Å²) in [7, 11) is 1.54. The number of rotatable bonds is 5. The van der Waals surface area contributed by atoms with E-state index in [1.165, 1.54) is 0 Å². The molecule has 1 aliphatic rings. The van der Waals surface area contributed by atoms with Gasteiger partial charge in [-0.25, -0.2) is 0 Å². The summed E-state index contributed by atoms with van der Waals surface area (Å²) in [5.74, 6) is 1.59. The molecular formula is C19H22N4O3. The van der Waals surface area contributed by atoms with Crippen molar-refractivity contribution < 1.29 is 14.1 Å². The average Bonchev–Trinajstić information content (AvgIpc) is 3.32. The lowest BCUT2D eigenvalue weighted by Crippen LogP contribution is -2.39. The van der Waals surface area contributed by atoms with Gasteiger partial charge in [-0.3, -0.25) is 9.78 Å². The number of carbonyl (C=O) groups is 1. The number of H-pyrrole nitrogens is 1. The first kappa shape index (κ1) is 16.6. The predicted molar refractivity (Wildman–Crippen MR) is 96.0 cm³/mol. The molecule has 1 amide bonds. The molecule has 1 N–H and O–H groups in total. The van der Waals surface area contributed by atoms with Gasteiger partial charge in [0.25, 0.3) is 5.88 Å². The van der Waals surface area contributed by atoms with Crippen molar-refractivity contribution in [1.29, 1.82) is 0 Å². The molecule has 0 bridgehead atoms. The lowest BCUT2D eigenvalue weighted by atomic mass is 9.94. The van der Waals surface area contributed by atoms with Crippen LogP contribution in [0.25, 0.3) is 11.0 Å². The summed E-state index contributed by atoms with van der Waals surface area (Å²) < 4.78 is 10.2. The Morgan fingerprint density at radius 2 is 2.38 bits per heavy atom. The Labute approximate surface area is 151 Å². The lowest BCUT2D eigenvalue weighted by molar-refractivity contribution is -0.132. The SMILES string of the molecule is COc1cc(CCC(=O)N2CCC[C@H](c3cc4ncccc4[nH]3)C2)on1. The number of hydrogen-bond acceptors (Lipinski definition) is 5. The topological polar surface area (TPSA) is 84.2 Å². The maximum atomic E-state index is 12.6. The fourth-order valence-corrected chi connectivity index (χ4v) is 3.55. The van der Waals surface area contributed by atoms with Crippen molar-refractivity contribution >= 4 is 16.9 Å². The van der Waals surface area contributed by atoms with Gasteiger partial charge < -0.3 is 19.1 Å². The highest BCUT2D eigenvalue weighted by molar-refractivity contribution is 5.77. The molecule has 0 radical (unpaired) electrons. The first-order valence-corrected chi connectivity index (χ1v) is 8.94. The molecule has 136 valence electrons. The first-order chi connectivity index (χ1) is 12.7. The lowest BCUT2D eigenvalue weighted by Gasteiger charge is -2.32. The Morgan fingerprint density at radius 1 is 1.46 bits per heavy atom. The Balaban J connectivity index is 1.38. The molecule has 4 heterocycles. The number of ether oxygens (including phenoxy) is 1. The fraction of sp³-hybridized carbons (Fsp3) is 0.421. The summed E-state index contributed by atoms with van der Waals surface area (Å²) in [4.78, 5) is 22.4. The van der Waals surface area contributed by atoms with E-state index in [9.17, 15) is 4.79 Å². The number of methoxy groups -OCH3 is 1. The van der Waals surface area contributed by atoms with Crippen molar-refractivity contribution in [2.24, 2.45) is 0 Å². The van der Waals surface area contributed by atoms with Gasteiger partial charge in [-0.2, -0.15) is 0 Å². The molecule has 0 aromatic carbocycles. The molecule has 1 saturated heterocycles. The smallest absolute Gasteiger partial charge is 0.254 e. The maximum absolute atomic E-state index is 12.6. The fourth-order valence-electron chi connectivity index (χ4n) is 3.55. The van der Waals surface area contributed by atoms with E-state index in [0.29, 0.717) is 30.4 Å². The molecular weight excluding hydrogens is 332 g/mol. The summed E-state index contributed by atoms with van der Waals surface area (Å²) >= 11 is 0. The molecule has 1 aliphatic heterocycles. The second-order valence-electron chi connectivity index (χ2n) is 6.68. The van der Waals surface area contributed by atoms with Gasteiger partial charge in [0.05, 0.1) is 18.1 Å².